The number of amides is 1. The minimum atomic E-state index is 0. The van der Waals surface area contributed by atoms with Crippen LogP contribution in [-0.2, 0) is 11.3 Å². The lowest BCUT2D eigenvalue weighted by atomic mass is 10.0. The number of likely N-dealkylation sites (N-methyl/N-ethyl adjacent to an activating group) is 1. The van der Waals surface area contributed by atoms with Gasteiger partial charge in [-0.25, -0.2) is 0 Å². The molecule has 0 bridgehead atoms. The molecule has 3 nitrogen and oxygen atoms in total. The number of carbonyl (C=O) groups is 1. The van der Waals surface area contributed by atoms with Crippen molar-refractivity contribution in [1.82, 2.24) is 10.2 Å². The summed E-state index contributed by atoms with van der Waals surface area (Å²) in [6.07, 6.45) is 3.27. The van der Waals surface area contributed by atoms with E-state index in [-0.39, 0.29) is 24.4 Å². The molecule has 18 heavy (non-hydrogen) atoms. The number of hydrogen-bond acceptors (Lipinski definition) is 3. The zero-order valence-electron chi connectivity index (χ0n) is 10.3. The third kappa shape index (κ3) is 4.12. The molecule has 1 N–H and O–H groups in total. The van der Waals surface area contributed by atoms with Gasteiger partial charge in [0.05, 0.1) is 16.9 Å². The fourth-order valence-electron chi connectivity index (χ4n) is 2.08. The van der Waals surface area contributed by atoms with Crippen LogP contribution in [0.3, 0.4) is 0 Å². The normalized spacial score (nSPS) is 19.1. The molecule has 1 aliphatic heterocycles. The highest BCUT2D eigenvalue weighted by Crippen LogP contribution is 2.22. The van der Waals surface area contributed by atoms with Gasteiger partial charge in [0.15, 0.2) is 0 Å². The van der Waals surface area contributed by atoms with Crippen LogP contribution in [0.5, 0.6) is 0 Å². The van der Waals surface area contributed by atoms with E-state index in [1.165, 1.54) is 17.8 Å². The van der Waals surface area contributed by atoms with Crippen molar-refractivity contribution >= 4 is 41.3 Å². The van der Waals surface area contributed by atoms with Crippen molar-refractivity contribution in [2.24, 2.45) is 0 Å². The quantitative estimate of drug-likeness (QED) is 0.931. The Hall–Kier alpha value is -0.290. The predicted octanol–water partition coefficient (Wildman–Crippen LogP) is 2.92. The van der Waals surface area contributed by atoms with Gasteiger partial charge in [0.1, 0.15) is 0 Å². The van der Waals surface area contributed by atoms with Gasteiger partial charge < -0.3 is 10.2 Å². The Morgan fingerprint density at radius 1 is 1.56 bits per heavy atom. The highest BCUT2D eigenvalue weighted by molar-refractivity contribution is 7.16. The molecule has 1 amide bonds. The maximum atomic E-state index is 12.1. The van der Waals surface area contributed by atoms with Crippen molar-refractivity contribution < 1.29 is 4.79 Å². The summed E-state index contributed by atoms with van der Waals surface area (Å²) in [4.78, 5) is 15.1. The number of halogens is 2. The minimum absolute atomic E-state index is 0. The van der Waals surface area contributed by atoms with Crippen LogP contribution in [0.1, 0.15) is 24.1 Å². The van der Waals surface area contributed by atoms with E-state index in [1.54, 1.807) is 4.90 Å². The number of rotatable bonds is 3. The fourth-order valence-corrected chi connectivity index (χ4v) is 3.22. The Labute approximate surface area is 123 Å². The molecule has 0 aliphatic carbocycles. The molecule has 1 fully saturated rings. The van der Waals surface area contributed by atoms with Crippen LogP contribution in [0.4, 0.5) is 0 Å². The van der Waals surface area contributed by atoms with Crippen molar-refractivity contribution in [1.29, 1.82) is 0 Å². The largest absolute Gasteiger partial charge is 0.339 e. The monoisotopic (exact) mass is 308 g/mol. The Bertz CT molecular complexity index is 391. The molecule has 1 aromatic rings. The molecular formula is C12H18Cl2N2OS. The van der Waals surface area contributed by atoms with E-state index in [1.807, 2.05) is 19.2 Å². The van der Waals surface area contributed by atoms with Gasteiger partial charge in [-0.3, -0.25) is 4.79 Å². The first-order valence-corrected chi connectivity index (χ1v) is 7.09. The molecule has 0 spiro atoms. The lowest BCUT2D eigenvalue weighted by molar-refractivity contribution is -0.133. The number of carbonyl (C=O) groups excluding carboxylic acids is 1. The molecule has 0 unspecified atom stereocenters. The third-order valence-corrected chi connectivity index (χ3v) is 4.22. The van der Waals surface area contributed by atoms with Gasteiger partial charge >= 0.3 is 0 Å². The summed E-state index contributed by atoms with van der Waals surface area (Å²) in [7, 11) is 1.85. The molecule has 0 radical (unpaired) electrons. The summed E-state index contributed by atoms with van der Waals surface area (Å²) in [5.74, 6) is 0.189. The maximum Gasteiger partial charge on any atom is 0.239 e. The molecular weight excluding hydrogens is 291 g/mol. The Balaban J connectivity index is 0.00000162. The van der Waals surface area contributed by atoms with E-state index in [2.05, 4.69) is 5.32 Å². The molecule has 0 saturated carbocycles. The number of hydrogen-bond donors (Lipinski definition) is 1. The van der Waals surface area contributed by atoms with Crippen LogP contribution in [-0.4, -0.2) is 30.4 Å². The average Bonchev–Trinajstić information content (AvgIpc) is 2.75. The topological polar surface area (TPSA) is 32.3 Å². The van der Waals surface area contributed by atoms with Crippen molar-refractivity contribution in [3.8, 4) is 0 Å². The first kappa shape index (κ1) is 15.8. The van der Waals surface area contributed by atoms with Crippen LogP contribution in [0, 0.1) is 0 Å². The van der Waals surface area contributed by atoms with Crippen molar-refractivity contribution in [3.63, 3.8) is 0 Å². The van der Waals surface area contributed by atoms with Crippen molar-refractivity contribution in [3.05, 3.63) is 21.3 Å². The smallest absolute Gasteiger partial charge is 0.239 e. The van der Waals surface area contributed by atoms with Crippen LogP contribution < -0.4 is 5.32 Å². The molecule has 102 valence electrons. The number of piperidine rings is 1. The molecule has 1 saturated heterocycles. The Kier molecular flexibility index (Phi) is 6.43. The Morgan fingerprint density at radius 3 is 2.89 bits per heavy atom. The second kappa shape index (κ2) is 7.34. The minimum Gasteiger partial charge on any atom is -0.339 e. The first-order chi connectivity index (χ1) is 8.16. The second-order valence-corrected chi connectivity index (χ2v) is 6.20. The molecule has 1 aliphatic rings. The first-order valence-electron chi connectivity index (χ1n) is 5.89. The van der Waals surface area contributed by atoms with E-state index in [0.29, 0.717) is 6.54 Å². The average molecular weight is 309 g/mol. The summed E-state index contributed by atoms with van der Waals surface area (Å²) in [5.41, 5.74) is 0. The van der Waals surface area contributed by atoms with Crippen LogP contribution in [0.2, 0.25) is 4.34 Å². The molecule has 0 aromatic carbocycles. The van der Waals surface area contributed by atoms with E-state index in [4.69, 9.17) is 11.6 Å². The summed E-state index contributed by atoms with van der Waals surface area (Å²) in [6, 6.07) is 3.85. The van der Waals surface area contributed by atoms with Gasteiger partial charge in [0, 0.05) is 11.9 Å². The van der Waals surface area contributed by atoms with Gasteiger partial charge in [-0.2, -0.15) is 0 Å². The van der Waals surface area contributed by atoms with Gasteiger partial charge in [0.25, 0.3) is 0 Å². The molecule has 6 heteroatoms. The zero-order chi connectivity index (χ0) is 12.3. The fraction of sp³-hybridized carbons (Fsp3) is 0.583. The van der Waals surface area contributed by atoms with Crippen molar-refractivity contribution in [2.75, 3.05) is 13.6 Å². The van der Waals surface area contributed by atoms with Crippen LogP contribution in [0.15, 0.2) is 12.1 Å². The summed E-state index contributed by atoms with van der Waals surface area (Å²) >= 11 is 7.41. The zero-order valence-corrected chi connectivity index (χ0v) is 12.7. The highest BCUT2D eigenvalue weighted by Gasteiger charge is 2.23. The molecule has 2 heterocycles. The van der Waals surface area contributed by atoms with E-state index in [9.17, 15) is 4.79 Å². The summed E-state index contributed by atoms with van der Waals surface area (Å²) < 4.78 is 0.775. The third-order valence-electron chi connectivity index (χ3n) is 3.01. The molecule has 1 atom stereocenters. The number of nitrogens with zero attached hydrogens (tertiary/aromatic N) is 1. The van der Waals surface area contributed by atoms with E-state index < -0.39 is 0 Å². The maximum absolute atomic E-state index is 12.1. The summed E-state index contributed by atoms with van der Waals surface area (Å²) in [6.45, 7) is 1.60. The molecule has 1 aromatic heterocycles. The second-order valence-electron chi connectivity index (χ2n) is 4.40. The lowest BCUT2D eigenvalue weighted by Crippen LogP contribution is -2.46. The Morgan fingerprint density at radius 2 is 2.33 bits per heavy atom. The standard InChI is InChI=1S/C12H17ClN2OS.ClH/c1-15(8-9-5-6-11(13)17-9)12(16)10-4-2-3-7-14-10;/h5-6,10,14H,2-4,7-8H2,1H3;1H/t10-;/m1./s1. The van der Waals surface area contributed by atoms with Crippen molar-refractivity contribution in [2.45, 2.75) is 31.8 Å². The summed E-state index contributed by atoms with van der Waals surface area (Å²) in [5, 5.41) is 3.28. The number of nitrogens with one attached hydrogen (secondary N) is 1. The molecule has 2 rings (SSSR count). The lowest BCUT2D eigenvalue weighted by Gasteiger charge is -2.27. The van der Waals surface area contributed by atoms with Crippen LogP contribution >= 0.6 is 35.3 Å². The number of thiophene rings is 1. The van der Waals surface area contributed by atoms with E-state index in [0.717, 1.165) is 28.6 Å². The van der Waals surface area contributed by atoms with Gasteiger partial charge in [-0.15, -0.1) is 23.7 Å². The van der Waals surface area contributed by atoms with Crippen LogP contribution in [0.25, 0.3) is 0 Å². The van der Waals surface area contributed by atoms with Gasteiger partial charge in [0.2, 0.25) is 5.91 Å². The SMILES string of the molecule is CN(Cc1ccc(Cl)s1)C(=O)[C@H]1CCCCN1.Cl. The van der Waals surface area contributed by atoms with Gasteiger partial charge in [-0.1, -0.05) is 18.0 Å². The predicted molar refractivity (Wildman–Crippen MR) is 78.7 cm³/mol. The van der Waals surface area contributed by atoms with Gasteiger partial charge in [-0.05, 0) is 31.5 Å². The van der Waals surface area contributed by atoms with E-state index >= 15 is 0 Å². The highest BCUT2D eigenvalue weighted by atomic mass is 35.5.